The third-order valence-electron chi connectivity index (χ3n) is 4.54. The van der Waals surface area contributed by atoms with E-state index < -0.39 is 16.1 Å². The number of anilines is 3. The molecule has 0 aliphatic rings. The number of nitrogens with zero attached hydrogens (tertiary/aromatic N) is 1. The van der Waals surface area contributed by atoms with Crippen LogP contribution in [0, 0.1) is 0 Å². The zero-order valence-corrected chi connectivity index (χ0v) is 19.8. The van der Waals surface area contributed by atoms with Crippen LogP contribution >= 0.6 is 0 Å². The van der Waals surface area contributed by atoms with E-state index in [4.69, 9.17) is 9.47 Å². The predicted molar refractivity (Wildman–Crippen MR) is 127 cm³/mol. The normalized spacial score (nSPS) is 11.2. The smallest absolute Gasteiger partial charge is 0.411 e. The van der Waals surface area contributed by atoms with Crippen LogP contribution in [0.15, 0.2) is 53.4 Å². The Bertz CT molecular complexity index is 1040. The first kappa shape index (κ1) is 26.1. The monoisotopic (exact) mass is 478 g/mol. The molecule has 0 heterocycles. The average Bonchev–Trinajstić information content (AvgIpc) is 2.79. The van der Waals surface area contributed by atoms with Gasteiger partial charge < -0.3 is 20.1 Å². The predicted octanol–water partition coefficient (Wildman–Crippen LogP) is 2.96. The van der Waals surface area contributed by atoms with Gasteiger partial charge in [0.2, 0.25) is 15.9 Å². The molecule has 0 aromatic heterocycles. The highest BCUT2D eigenvalue weighted by molar-refractivity contribution is 7.89. The van der Waals surface area contributed by atoms with E-state index in [1.165, 1.54) is 23.5 Å². The van der Waals surface area contributed by atoms with Gasteiger partial charge in [-0.2, -0.15) is 4.31 Å². The van der Waals surface area contributed by atoms with Gasteiger partial charge in [-0.15, -0.1) is 0 Å². The number of ether oxygens (including phenoxy) is 2. The Kier molecular flexibility index (Phi) is 10.1. The molecular weight excluding hydrogens is 448 g/mol. The molecule has 33 heavy (non-hydrogen) atoms. The summed E-state index contributed by atoms with van der Waals surface area (Å²) in [5.74, 6) is -0.357. The van der Waals surface area contributed by atoms with Gasteiger partial charge in [0.1, 0.15) is 6.61 Å². The Morgan fingerprint density at radius 1 is 0.909 bits per heavy atom. The molecule has 0 fully saturated rings. The number of methoxy groups -OCH3 is 1. The van der Waals surface area contributed by atoms with E-state index in [9.17, 15) is 18.0 Å². The largest absolute Gasteiger partial charge is 0.447 e. The summed E-state index contributed by atoms with van der Waals surface area (Å²) in [6.07, 6.45) is -0.610. The first-order valence-corrected chi connectivity index (χ1v) is 11.9. The van der Waals surface area contributed by atoms with E-state index in [0.29, 0.717) is 36.8 Å². The third kappa shape index (κ3) is 8.04. The topological polar surface area (TPSA) is 126 Å². The second-order valence-electron chi connectivity index (χ2n) is 6.85. The number of rotatable bonds is 12. The molecule has 3 N–H and O–H groups in total. The summed E-state index contributed by atoms with van der Waals surface area (Å²) in [4.78, 5) is 24.2. The summed E-state index contributed by atoms with van der Waals surface area (Å²) >= 11 is 0. The Hall–Kier alpha value is -3.15. The first-order chi connectivity index (χ1) is 15.8. The lowest BCUT2D eigenvalue weighted by Crippen LogP contribution is -2.30. The molecule has 0 saturated heterocycles. The number of carbonyl (C=O) groups is 2. The van der Waals surface area contributed by atoms with Gasteiger partial charge in [-0.3, -0.25) is 10.1 Å². The highest BCUT2D eigenvalue weighted by atomic mass is 32.2. The Balaban J connectivity index is 1.94. The molecule has 2 aromatic rings. The molecule has 0 aliphatic heterocycles. The maximum absolute atomic E-state index is 12.7. The van der Waals surface area contributed by atoms with Crippen LogP contribution in [0.1, 0.15) is 13.8 Å². The summed E-state index contributed by atoms with van der Waals surface area (Å²) < 4.78 is 36.5. The Morgan fingerprint density at radius 2 is 1.55 bits per heavy atom. The fraction of sp³-hybridized carbons (Fsp3) is 0.364. The highest BCUT2D eigenvalue weighted by Crippen LogP contribution is 2.20. The molecule has 0 aliphatic carbocycles. The fourth-order valence-electron chi connectivity index (χ4n) is 2.91. The minimum absolute atomic E-state index is 0.0608. The van der Waals surface area contributed by atoms with Crippen molar-refractivity contribution in [2.45, 2.75) is 18.7 Å². The Morgan fingerprint density at radius 3 is 2.21 bits per heavy atom. The zero-order chi connectivity index (χ0) is 24.3. The summed E-state index contributed by atoms with van der Waals surface area (Å²) in [5, 5.41) is 8.24. The van der Waals surface area contributed by atoms with Gasteiger partial charge in [0, 0.05) is 37.3 Å². The maximum Gasteiger partial charge on any atom is 0.411 e. The molecule has 0 atom stereocenters. The van der Waals surface area contributed by atoms with Crippen molar-refractivity contribution in [3.63, 3.8) is 0 Å². The number of benzene rings is 2. The second kappa shape index (κ2) is 12.8. The van der Waals surface area contributed by atoms with Crippen molar-refractivity contribution in [3.05, 3.63) is 48.5 Å². The SMILES string of the molecule is CCN(CC)S(=O)(=O)c1cccc(NC(=O)CNc2cccc(NC(=O)OCCOC)c2)c1. The van der Waals surface area contributed by atoms with Gasteiger partial charge >= 0.3 is 6.09 Å². The van der Waals surface area contributed by atoms with Crippen molar-refractivity contribution >= 4 is 39.1 Å². The standard InChI is InChI=1S/C22H30N4O6S/c1-4-26(5-2)33(29,30)20-11-7-10-19(15-20)24-21(27)16-23-17-8-6-9-18(14-17)25-22(28)32-13-12-31-3/h6-11,14-15,23H,4-5,12-13,16H2,1-3H3,(H,24,27)(H,25,28). The molecule has 0 bridgehead atoms. The van der Waals surface area contributed by atoms with Crippen molar-refractivity contribution in [2.75, 3.05) is 55.9 Å². The molecule has 0 radical (unpaired) electrons. The molecule has 0 spiro atoms. The molecule has 11 heteroatoms. The lowest BCUT2D eigenvalue weighted by Gasteiger charge is -2.19. The highest BCUT2D eigenvalue weighted by Gasteiger charge is 2.21. The van der Waals surface area contributed by atoms with Crippen LogP contribution in [0.2, 0.25) is 0 Å². The molecule has 10 nitrogen and oxygen atoms in total. The van der Waals surface area contributed by atoms with Crippen molar-refractivity contribution in [3.8, 4) is 0 Å². The summed E-state index contributed by atoms with van der Waals surface area (Å²) in [6.45, 7) is 4.64. The van der Waals surface area contributed by atoms with Crippen LogP contribution in [0.25, 0.3) is 0 Å². The van der Waals surface area contributed by atoms with Crippen molar-refractivity contribution in [1.82, 2.24) is 4.31 Å². The van der Waals surface area contributed by atoms with Crippen molar-refractivity contribution in [1.29, 1.82) is 0 Å². The minimum Gasteiger partial charge on any atom is -0.447 e. The van der Waals surface area contributed by atoms with Crippen molar-refractivity contribution < 1.29 is 27.5 Å². The number of hydrogen-bond donors (Lipinski definition) is 3. The molecule has 0 saturated carbocycles. The molecular formula is C22H30N4O6S. The number of carbonyl (C=O) groups excluding carboxylic acids is 2. The fourth-order valence-corrected chi connectivity index (χ4v) is 4.42. The molecule has 2 amide bonds. The zero-order valence-electron chi connectivity index (χ0n) is 19.0. The lowest BCUT2D eigenvalue weighted by atomic mass is 10.2. The van der Waals surface area contributed by atoms with Crippen LogP contribution in [-0.2, 0) is 24.3 Å². The van der Waals surface area contributed by atoms with Gasteiger partial charge in [-0.1, -0.05) is 26.0 Å². The summed E-state index contributed by atoms with van der Waals surface area (Å²) in [6, 6.07) is 12.9. The van der Waals surface area contributed by atoms with E-state index in [2.05, 4.69) is 16.0 Å². The van der Waals surface area contributed by atoms with E-state index in [1.54, 1.807) is 50.2 Å². The average molecular weight is 479 g/mol. The number of hydrogen-bond acceptors (Lipinski definition) is 7. The van der Waals surface area contributed by atoms with Crippen LogP contribution in [0.5, 0.6) is 0 Å². The van der Waals surface area contributed by atoms with E-state index in [-0.39, 0.29) is 24.0 Å². The van der Waals surface area contributed by atoms with Crippen LogP contribution in [0.4, 0.5) is 21.9 Å². The van der Waals surface area contributed by atoms with E-state index in [0.717, 1.165) is 0 Å². The van der Waals surface area contributed by atoms with Crippen LogP contribution < -0.4 is 16.0 Å². The van der Waals surface area contributed by atoms with Gasteiger partial charge in [-0.05, 0) is 36.4 Å². The van der Waals surface area contributed by atoms with Crippen molar-refractivity contribution in [2.24, 2.45) is 0 Å². The molecule has 2 rings (SSSR count). The van der Waals surface area contributed by atoms with E-state index >= 15 is 0 Å². The Labute approximate surface area is 194 Å². The lowest BCUT2D eigenvalue weighted by molar-refractivity contribution is -0.114. The second-order valence-corrected chi connectivity index (χ2v) is 8.79. The van der Waals surface area contributed by atoms with Gasteiger partial charge in [0.15, 0.2) is 0 Å². The molecule has 180 valence electrons. The molecule has 2 aromatic carbocycles. The first-order valence-electron chi connectivity index (χ1n) is 10.5. The van der Waals surface area contributed by atoms with Gasteiger partial charge in [-0.25, -0.2) is 13.2 Å². The summed E-state index contributed by atoms with van der Waals surface area (Å²) in [7, 11) is -2.11. The van der Waals surface area contributed by atoms with Gasteiger partial charge in [0.25, 0.3) is 0 Å². The van der Waals surface area contributed by atoms with Crippen LogP contribution in [-0.4, -0.2) is 64.7 Å². The molecule has 0 unspecified atom stereocenters. The summed E-state index contributed by atoms with van der Waals surface area (Å²) in [5.41, 5.74) is 1.49. The maximum atomic E-state index is 12.7. The number of sulfonamides is 1. The van der Waals surface area contributed by atoms with Gasteiger partial charge in [0.05, 0.1) is 18.0 Å². The quantitative estimate of drug-likeness (QED) is 0.400. The van der Waals surface area contributed by atoms with E-state index in [1.807, 2.05) is 0 Å². The number of nitrogens with one attached hydrogen (secondary N) is 3. The third-order valence-corrected chi connectivity index (χ3v) is 6.59. The number of amides is 2. The minimum atomic E-state index is -3.62. The van der Waals surface area contributed by atoms with Crippen LogP contribution in [0.3, 0.4) is 0 Å².